The minimum Gasteiger partial charge on any atom is -0.444 e. The van der Waals surface area contributed by atoms with Crippen molar-refractivity contribution < 1.29 is 9.53 Å². The Morgan fingerprint density at radius 2 is 2.19 bits per heavy atom. The van der Waals surface area contributed by atoms with Gasteiger partial charge >= 0.3 is 6.09 Å². The van der Waals surface area contributed by atoms with Crippen molar-refractivity contribution in [3.05, 3.63) is 0 Å². The van der Waals surface area contributed by atoms with Crippen LogP contribution in [0.3, 0.4) is 0 Å². The average Bonchev–Trinajstić information content (AvgIpc) is 2.14. The molecular formula is C11H23ClN2O2. The highest BCUT2D eigenvalue weighted by molar-refractivity contribution is 5.85. The summed E-state index contributed by atoms with van der Waals surface area (Å²) in [6.07, 6.45) is 2.07. The van der Waals surface area contributed by atoms with Crippen molar-refractivity contribution in [1.29, 1.82) is 0 Å². The van der Waals surface area contributed by atoms with Crippen LogP contribution in [-0.4, -0.2) is 31.3 Å². The maximum atomic E-state index is 11.3. The number of nitrogens with one attached hydrogen (secondary N) is 2. The molecule has 4 nitrogen and oxygen atoms in total. The third-order valence-electron chi connectivity index (χ3n) is 2.33. The predicted octanol–water partition coefficient (Wildman–Crippen LogP) is 1.93. The Morgan fingerprint density at radius 1 is 1.50 bits per heavy atom. The molecule has 5 heteroatoms. The summed E-state index contributed by atoms with van der Waals surface area (Å²) in [5.74, 6) is 0.547. The second kappa shape index (κ2) is 6.97. The zero-order chi connectivity index (χ0) is 11.3. The molecule has 0 bridgehead atoms. The van der Waals surface area contributed by atoms with E-state index in [1.807, 2.05) is 20.8 Å². The molecule has 0 aromatic heterocycles. The van der Waals surface area contributed by atoms with Crippen LogP contribution in [0.25, 0.3) is 0 Å². The summed E-state index contributed by atoms with van der Waals surface area (Å²) in [4.78, 5) is 11.3. The van der Waals surface area contributed by atoms with E-state index in [4.69, 9.17) is 4.74 Å². The Hall–Kier alpha value is -0.480. The van der Waals surface area contributed by atoms with Gasteiger partial charge in [-0.25, -0.2) is 4.79 Å². The fraction of sp³-hybridized carbons (Fsp3) is 0.909. The average molecular weight is 251 g/mol. The summed E-state index contributed by atoms with van der Waals surface area (Å²) >= 11 is 0. The molecule has 0 spiro atoms. The standard InChI is InChI=1S/C11H22N2O2.ClH/c1-11(2,3)15-10(14)13-8-9-5-4-6-12-7-9;/h9,12H,4-8H2,1-3H3,(H,13,14);1H/t9-;/m1./s1. The molecule has 1 heterocycles. The van der Waals surface area contributed by atoms with Crippen molar-refractivity contribution in [3.8, 4) is 0 Å². The Balaban J connectivity index is 0.00000225. The number of ether oxygens (including phenoxy) is 1. The maximum Gasteiger partial charge on any atom is 0.407 e. The van der Waals surface area contributed by atoms with Crippen LogP contribution in [-0.2, 0) is 4.74 Å². The molecule has 96 valence electrons. The number of rotatable bonds is 2. The molecule has 2 N–H and O–H groups in total. The first-order chi connectivity index (χ1) is 6.97. The van der Waals surface area contributed by atoms with Gasteiger partial charge in [0.2, 0.25) is 0 Å². The van der Waals surface area contributed by atoms with E-state index in [1.54, 1.807) is 0 Å². The molecule has 1 aliphatic heterocycles. The fourth-order valence-electron chi connectivity index (χ4n) is 1.64. The van der Waals surface area contributed by atoms with Crippen LogP contribution >= 0.6 is 12.4 Å². The molecule has 0 saturated carbocycles. The quantitative estimate of drug-likeness (QED) is 0.788. The van der Waals surface area contributed by atoms with Gasteiger partial charge in [0, 0.05) is 6.54 Å². The van der Waals surface area contributed by atoms with E-state index in [2.05, 4.69) is 10.6 Å². The Bertz CT molecular complexity index is 211. The first-order valence-electron chi connectivity index (χ1n) is 5.65. The second-order valence-electron chi connectivity index (χ2n) is 5.10. The summed E-state index contributed by atoms with van der Waals surface area (Å²) in [5, 5.41) is 6.12. The highest BCUT2D eigenvalue weighted by Gasteiger charge is 2.18. The van der Waals surface area contributed by atoms with Crippen LogP contribution in [0.15, 0.2) is 0 Å². The van der Waals surface area contributed by atoms with Gasteiger partial charge in [-0.1, -0.05) is 0 Å². The lowest BCUT2D eigenvalue weighted by atomic mass is 10.00. The molecule has 1 saturated heterocycles. The SMILES string of the molecule is CC(C)(C)OC(=O)NC[C@@H]1CCCNC1.Cl. The molecule has 1 fully saturated rings. The summed E-state index contributed by atoms with van der Waals surface area (Å²) in [5.41, 5.74) is -0.408. The molecule has 1 rings (SSSR count). The monoisotopic (exact) mass is 250 g/mol. The molecule has 0 aromatic rings. The lowest BCUT2D eigenvalue weighted by Gasteiger charge is -2.24. The van der Waals surface area contributed by atoms with Gasteiger partial charge in [-0.2, -0.15) is 0 Å². The molecule has 16 heavy (non-hydrogen) atoms. The first-order valence-corrected chi connectivity index (χ1v) is 5.65. The summed E-state index contributed by atoms with van der Waals surface area (Å²) < 4.78 is 5.16. The largest absolute Gasteiger partial charge is 0.444 e. The third-order valence-corrected chi connectivity index (χ3v) is 2.33. The molecule has 1 amide bonds. The minimum atomic E-state index is -0.408. The van der Waals surface area contributed by atoms with Gasteiger partial charge < -0.3 is 15.4 Å². The van der Waals surface area contributed by atoms with E-state index in [-0.39, 0.29) is 18.5 Å². The number of hydrogen-bond acceptors (Lipinski definition) is 3. The molecule has 0 aromatic carbocycles. The van der Waals surface area contributed by atoms with Crippen LogP contribution in [0, 0.1) is 5.92 Å². The second-order valence-corrected chi connectivity index (χ2v) is 5.10. The van der Waals surface area contributed by atoms with E-state index in [9.17, 15) is 4.79 Å². The summed E-state index contributed by atoms with van der Waals surface area (Å²) in [6, 6.07) is 0. The zero-order valence-corrected chi connectivity index (χ0v) is 11.2. The van der Waals surface area contributed by atoms with Gasteiger partial charge in [-0.3, -0.25) is 0 Å². The van der Waals surface area contributed by atoms with Gasteiger partial charge in [0.1, 0.15) is 5.60 Å². The van der Waals surface area contributed by atoms with E-state index < -0.39 is 5.60 Å². The number of halogens is 1. The predicted molar refractivity (Wildman–Crippen MR) is 67.1 cm³/mol. The number of piperidine rings is 1. The summed E-state index contributed by atoms with van der Waals surface area (Å²) in [6.45, 7) is 8.42. The Kier molecular flexibility index (Phi) is 6.76. The molecule has 0 aliphatic carbocycles. The van der Waals surface area contributed by atoms with Crippen LogP contribution < -0.4 is 10.6 Å². The van der Waals surface area contributed by atoms with Crippen molar-refractivity contribution in [2.75, 3.05) is 19.6 Å². The topological polar surface area (TPSA) is 50.4 Å². The molecule has 0 unspecified atom stereocenters. The van der Waals surface area contributed by atoms with Crippen molar-refractivity contribution in [2.24, 2.45) is 5.92 Å². The van der Waals surface area contributed by atoms with Gasteiger partial charge in [0.15, 0.2) is 0 Å². The normalized spacial score (nSPS) is 20.8. The van der Waals surface area contributed by atoms with E-state index in [0.717, 1.165) is 13.1 Å². The van der Waals surface area contributed by atoms with Crippen LogP contribution in [0.5, 0.6) is 0 Å². The summed E-state index contributed by atoms with van der Waals surface area (Å²) in [7, 11) is 0. The Morgan fingerprint density at radius 3 is 2.69 bits per heavy atom. The number of hydrogen-bond donors (Lipinski definition) is 2. The number of amides is 1. The highest BCUT2D eigenvalue weighted by atomic mass is 35.5. The molecule has 1 atom stereocenters. The van der Waals surface area contributed by atoms with E-state index in [1.165, 1.54) is 12.8 Å². The molecule has 0 radical (unpaired) electrons. The molecular weight excluding hydrogens is 228 g/mol. The molecule has 1 aliphatic rings. The number of carbonyl (C=O) groups excluding carboxylic acids is 1. The van der Waals surface area contributed by atoms with Crippen LogP contribution in [0.4, 0.5) is 4.79 Å². The van der Waals surface area contributed by atoms with Gasteiger partial charge in [0.25, 0.3) is 0 Å². The smallest absolute Gasteiger partial charge is 0.407 e. The maximum absolute atomic E-state index is 11.3. The Labute approximate surface area is 104 Å². The van der Waals surface area contributed by atoms with Crippen molar-refractivity contribution in [3.63, 3.8) is 0 Å². The van der Waals surface area contributed by atoms with Crippen LogP contribution in [0.1, 0.15) is 33.6 Å². The first kappa shape index (κ1) is 15.5. The van der Waals surface area contributed by atoms with E-state index >= 15 is 0 Å². The van der Waals surface area contributed by atoms with Gasteiger partial charge in [-0.15, -0.1) is 12.4 Å². The van der Waals surface area contributed by atoms with Gasteiger partial charge in [-0.05, 0) is 52.6 Å². The zero-order valence-electron chi connectivity index (χ0n) is 10.3. The lowest BCUT2D eigenvalue weighted by Crippen LogP contribution is -2.40. The van der Waals surface area contributed by atoms with Gasteiger partial charge in [0.05, 0.1) is 0 Å². The third kappa shape index (κ3) is 6.90. The van der Waals surface area contributed by atoms with Crippen molar-refractivity contribution in [1.82, 2.24) is 10.6 Å². The van der Waals surface area contributed by atoms with Crippen molar-refractivity contribution in [2.45, 2.75) is 39.2 Å². The van der Waals surface area contributed by atoms with Crippen molar-refractivity contribution >= 4 is 18.5 Å². The van der Waals surface area contributed by atoms with Crippen LogP contribution in [0.2, 0.25) is 0 Å². The lowest BCUT2D eigenvalue weighted by molar-refractivity contribution is 0.0517. The number of carbonyl (C=O) groups is 1. The highest BCUT2D eigenvalue weighted by Crippen LogP contribution is 2.09. The minimum absolute atomic E-state index is 0. The van der Waals surface area contributed by atoms with E-state index in [0.29, 0.717) is 12.5 Å². The number of alkyl carbamates (subject to hydrolysis) is 1. The fourth-order valence-corrected chi connectivity index (χ4v) is 1.64.